The molecule has 0 unspecified atom stereocenters. The number of carbonyl (C=O) groups is 1. The summed E-state index contributed by atoms with van der Waals surface area (Å²) in [5.74, 6) is -0.251. The zero-order chi connectivity index (χ0) is 13.5. The molecule has 0 spiro atoms. The van der Waals surface area contributed by atoms with Gasteiger partial charge in [-0.25, -0.2) is 0 Å². The number of phenols is 1. The van der Waals surface area contributed by atoms with Crippen molar-refractivity contribution in [2.24, 2.45) is 11.5 Å². The first-order valence-electron chi connectivity index (χ1n) is 5.63. The van der Waals surface area contributed by atoms with Crippen molar-refractivity contribution in [3.63, 3.8) is 0 Å². The summed E-state index contributed by atoms with van der Waals surface area (Å²) in [5.41, 5.74) is 11.5. The lowest BCUT2D eigenvalue weighted by Crippen LogP contribution is -2.43. The van der Waals surface area contributed by atoms with Gasteiger partial charge in [0.2, 0.25) is 5.91 Å². The van der Waals surface area contributed by atoms with E-state index in [1.807, 2.05) is 6.07 Å². The fourth-order valence-electron chi connectivity index (χ4n) is 1.50. The molecule has 0 aliphatic heterocycles. The lowest BCUT2D eigenvalue weighted by atomic mass is 10.1. The highest BCUT2D eigenvalue weighted by Crippen LogP contribution is 2.15. The van der Waals surface area contributed by atoms with Gasteiger partial charge in [0.25, 0.3) is 0 Å². The molecule has 0 heterocycles. The highest BCUT2D eigenvalue weighted by Gasteiger charge is 2.13. The molecule has 0 fully saturated rings. The molecule has 6 nitrogen and oxygen atoms in total. The minimum atomic E-state index is -0.799. The molecule has 1 aromatic rings. The van der Waals surface area contributed by atoms with Crippen LogP contribution in [0.3, 0.4) is 0 Å². The number of amidine groups is 1. The van der Waals surface area contributed by atoms with Crippen molar-refractivity contribution >= 4 is 11.7 Å². The quantitative estimate of drug-likeness (QED) is 0.351. The molecule has 0 aromatic heterocycles. The summed E-state index contributed by atoms with van der Waals surface area (Å²) in [6, 6.07) is 6.14. The normalized spacial score (nSPS) is 11.8. The maximum Gasteiger partial charge on any atom is 0.237 e. The monoisotopic (exact) mass is 250 g/mol. The molecule has 7 N–H and O–H groups in total. The molecule has 1 atom stereocenters. The van der Waals surface area contributed by atoms with Gasteiger partial charge in [0.15, 0.2) is 0 Å². The third-order valence-corrected chi connectivity index (χ3v) is 2.46. The third-order valence-electron chi connectivity index (χ3n) is 2.46. The number of benzene rings is 1. The van der Waals surface area contributed by atoms with E-state index in [-0.39, 0.29) is 23.9 Å². The lowest BCUT2D eigenvalue weighted by molar-refractivity contribution is -0.122. The highest BCUT2D eigenvalue weighted by molar-refractivity contribution is 5.88. The highest BCUT2D eigenvalue weighted by atomic mass is 16.3. The fraction of sp³-hybridized carbons (Fsp3) is 0.333. The molecule has 18 heavy (non-hydrogen) atoms. The van der Waals surface area contributed by atoms with Crippen LogP contribution in [0.2, 0.25) is 0 Å². The van der Waals surface area contributed by atoms with Gasteiger partial charge in [-0.05, 0) is 18.1 Å². The topological polar surface area (TPSA) is 125 Å². The molecule has 0 radical (unpaired) electrons. The van der Waals surface area contributed by atoms with E-state index in [9.17, 15) is 9.90 Å². The van der Waals surface area contributed by atoms with Crippen LogP contribution >= 0.6 is 0 Å². The standard InChI is InChI=1S/C12H18N4O2/c13-9(7-11(14)15)12(18)16-6-5-8-3-1-2-4-10(8)17/h1-4,9,17H,5-7,13H2,(H3,14,15)(H,16,18)/t9-/m1/s1. The maximum atomic E-state index is 11.5. The van der Waals surface area contributed by atoms with E-state index in [0.29, 0.717) is 13.0 Å². The number of para-hydroxylation sites is 1. The Labute approximate surface area is 105 Å². The number of rotatable bonds is 6. The minimum Gasteiger partial charge on any atom is -0.508 e. The van der Waals surface area contributed by atoms with Crippen LogP contribution in [0.15, 0.2) is 24.3 Å². The Bertz CT molecular complexity index is 434. The summed E-state index contributed by atoms with van der Waals surface area (Å²) in [6.45, 7) is 0.377. The largest absolute Gasteiger partial charge is 0.508 e. The van der Waals surface area contributed by atoms with Gasteiger partial charge in [-0.1, -0.05) is 18.2 Å². The molecule has 6 heteroatoms. The van der Waals surface area contributed by atoms with Crippen molar-refractivity contribution in [2.45, 2.75) is 18.9 Å². The second kappa shape index (κ2) is 6.61. The molecule has 0 saturated heterocycles. The van der Waals surface area contributed by atoms with Crippen LogP contribution in [-0.2, 0) is 11.2 Å². The minimum absolute atomic E-state index is 0.0441. The first-order valence-corrected chi connectivity index (χ1v) is 5.63. The van der Waals surface area contributed by atoms with Gasteiger partial charge in [-0.3, -0.25) is 10.2 Å². The lowest BCUT2D eigenvalue weighted by Gasteiger charge is -2.11. The molecule has 0 bridgehead atoms. The van der Waals surface area contributed by atoms with Crippen LogP contribution in [0.1, 0.15) is 12.0 Å². The Morgan fingerprint density at radius 2 is 2.11 bits per heavy atom. The summed E-state index contributed by atoms with van der Waals surface area (Å²) in [5, 5.41) is 19.2. The van der Waals surface area contributed by atoms with Crippen molar-refractivity contribution in [1.82, 2.24) is 5.32 Å². The zero-order valence-corrected chi connectivity index (χ0v) is 10.0. The van der Waals surface area contributed by atoms with E-state index in [0.717, 1.165) is 5.56 Å². The molecule has 1 rings (SSSR count). The number of phenolic OH excluding ortho intramolecular Hbond substituents is 1. The van der Waals surface area contributed by atoms with E-state index >= 15 is 0 Å². The van der Waals surface area contributed by atoms with Crippen molar-refractivity contribution < 1.29 is 9.90 Å². The van der Waals surface area contributed by atoms with Gasteiger partial charge in [0, 0.05) is 13.0 Å². The number of hydrogen-bond acceptors (Lipinski definition) is 4. The maximum absolute atomic E-state index is 11.5. The molecule has 98 valence electrons. The van der Waals surface area contributed by atoms with Gasteiger partial charge < -0.3 is 21.9 Å². The van der Waals surface area contributed by atoms with Crippen molar-refractivity contribution in [3.8, 4) is 5.75 Å². The number of nitrogens with two attached hydrogens (primary N) is 2. The Hall–Kier alpha value is -2.08. The number of nitrogens with one attached hydrogen (secondary N) is 2. The summed E-state index contributed by atoms with van der Waals surface area (Å²) in [6.07, 6.45) is 0.563. The van der Waals surface area contributed by atoms with Crippen LogP contribution in [-0.4, -0.2) is 29.4 Å². The summed E-state index contributed by atoms with van der Waals surface area (Å²) < 4.78 is 0. The van der Waals surface area contributed by atoms with E-state index < -0.39 is 6.04 Å². The van der Waals surface area contributed by atoms with Crippen molar-refractivity contribution in [1.29, 1.82) is 5.41 Å². The summed E-state index contributed by atoms with van der Waals surface area (Å²) in [4.78, 5) is 11.5. The predicted octanol–water partition coefficient (Wildman–Crippen LogP) is -0.296. The first kappa shape index (κ1) is 14.0. The van der Waals surface area contributed by atoms with Crippen molar-refractivity contribution in [2.75, 3.05) is 6.54 Å². The van der Waals surface area contributed by atoms with Crippen molar-refractivity contribution in [3.05, 3.63) is 29.8 Å². The Balaban J connectivity index is 2.36. The van der Waals surface area contributed by atoms with Crippen LogP contribution in [0.4, 0.5) is 0 Å². The van der Waals surface area contributed by atoms with Gasteiger partial charge >= 0.3 is 0 Å². The molecule has 1 amide bonds. The smallest absolute Gasteiger partial charge is 0.237 e. The Morgan fingerprint density at radius 3 is 2.72 bits per heavy atom. The van der Waals surface area contributed by atoms with Crippen LogP contribution in [0.5, 0.6) is 5.75 Å². The second-order valence-corrected chi connectivity index (χ2v) is 4.01. The SMILES string of the molecule is N=C(N)C[C@@H](N)C(=O)NCCc1ccccc1O. The van der Waals surface area contributed by atoms with E-state index in [4.69, 9.17) is 16.9 Å². The summed E-state index contributed by atoms with van der Waals surface area (Å²) in [7, 11) is 0. The molecular weight excluding hydrogens is 232 g/mol. The average Bonchev–Trinajstić information content (AvgIpc) is 2.30. The van der Waals surface area contributed by atoms with E-state index in [1.165, 1.54) is 0 Å². The van der Waals surface area contributed by atoms with Crippen LogP contribution in [0.25, 0.3) is 0 Å². The van der Waals surface area contributed by atoms with Gasteiger partial charge in [-0.2, -0.15) is 0 Å². The Kier molecular flexibility index (Phi) is 5.13. The molecule has 0 saturated carbocycles. The van der Waals surface area contributed by atoms with Gasteiger partial charge in [-0.15, -0.1) is 0 Å². The molecular formula is C12H18N4O2. The van der Waals surface area contributed by atoms with E-state index in [2.05, 4.69) is 5.32 Å². The third kappa shape index (κ3) is 4.42. The number of carbonyl (C=O) groups excluding carboxylic acids is 1. The van der Waals surface area contributed by atoms with Crippen LogP contribution in [0, 0.1) is 5.41 Å². The Morgan fingerprint density at radius 1 is 1.44 bits per heavy atom. The first-order chi connectivity index (χ1) is 8.50. The zero-order valence-electron chi connectivity index (χ0n) is 10.0. The van der Waals surface area contributed by atoms with Crippen LogP contribution < -0.4 is 16.8 Å². The average molecular weight is 250 g/mol. The molecule has 1 aromatic carbocycles. The van der Waals surface area contributed by atoms with E-state index in [1.54, 1.807) is 18.2 Å². The number of hydrogen-bond donors (Lipinski definition) is 5. The molecule has 0 aliphatic rings. The second-order valence-electron chi connectivity index (χ2n) is 4.01. The van der Waals surface area contributed by atoms with Gasteiger partial charge in [0.05, 0.1) is 11.9 Å². The summed E-state index contributed by atoms with van der Waals surface area (Å²) >= 11 is 0. The molecule has 0 aliphatic carbocycles. The van der Waals surface area contributed by atoms with Gasteiger partial charge in [0.1, 0.15) is 5.75 Å². The number of amides is 1. The fourth-order valence-corrected chi connectivity index (χ4v) is 1.50. The number of aromatic hydroxyl groups is 1. The predicted molar refractivity (Wildman–Crippen MR) is 69.3 cm³/mol.